The number of thioether (sulfide) groups is 1. The van der Waals surface area contributed by atoms with Gasteiger partial charge in [-0.1, -0.05) is 60.7 Å². The summed E-state index contributed by atoms with van der Waals surface area (Å²) in [5.41, 5.74) is 2.86. The van der Waals surface area contributed by atoms with Crippen LogP contribution in [-0.4, -0.2) is 53.3 Å². The topological polar surface area (TPSA) is 85.5 Å². The molecule has 0 saturated carbocycles. The number of nitrogens with zero attached hydrogens (tertiary/aromatic N) is 2. The maximum Gasteiger partial charge on any atom is 0.268 e. The first-order valence-corrected chi connectivity index (χ1v) is 13.7. The second-order valence-electron chi connectivity index (χ2n) is 9.65. The Morgan fingerprint density at radius 3 is 2.42 bits per heavy atom. The quantitative estimate of drug-likeness (QED) is 0.394. The zero-order valence-corrected chi connectivity index (χ0v) is 21.6. The van der Waals surface area contributed by atoms with Gasteiger partial charge < -0.3 is 20.1 Å². The molecule has 2 atom stereocenters. The van der Waals surface area contributed by atoms with Crippen LogP contribution in [0.3, 0.4) is 0 Å². The largest absolute Gasteiger partial charge is 0.351 e. The Balaban J connectivity index is 1.38. The van der Waals surface area contributed by atoms with Crippen molar-refractivity contribution in [1.82, 2.24) is 15.2 Å². The van der Waals surface area contributed by atoms with Gasteiger partial charge in [-0.25, -0.2) is 0 Å². The Bertz CT molecular complexity index is 1460. The molecule has 2 aliphatic heterocycles. The fourth-order valence-corrected chi connectivity index (χ4v) is 6.56. The number of H-pyrrole nitrogens is 1. The number of anilines is 1. The molecule has 1 aromatic heterocycles. The number of carbonyl (C=O) groups excluding carboxylic acids is 3. The lowest BCUT2D eigenvalue weighted by molar-refractivity contribution is -0.130. The summed E-state index contributed by atoms with van der Waals surface area (Å²) in [4.78, 5) is 48.5. The predicted octanol–water partition coefficient (Wildman–Crippen LogP) is 4.77. The molecule has 8 heteroatoms. The summed E-state index contributed by atoms with van der Waals surface area (Å²) in [6.45, 7) is 1.37. The highest BCUT2D eigenvalue weighted by Gasteiger charge is 2.40. The van der Waals surface area contributed by atoms with E-state index in [1.54, 1.807) is 11.0 Å². The third-order valence-electron chi connectivity index (χ3n) is 7.19. The molecule has 0 spiro atoms. The molecule has 2 aliphatic rings. The van der Waals surface area contributed by atoms with Crippen LogP contribution in [0.5, 0.6) is 0 Å². The Morgan fingerprint density at radius 1 is 0.921 bits per heavy atom. The van der Waals surface area contributed by atoms with Crippen molar-refractivity contribution in [3.05, 3.63) is 96.2 Å². The van der Waals surface area contributed by atoms with E-state index in [2.05, 4.69) is 10.3 Å². The summed E-state index contributed by atoms with van der Waals surface area (Å²) in [6, 6.07) is 26.0. The van der Waals surface area contributed by atoms with Crippen molar-refractivity contribution in [2.24, 2.45) is 0 Å². The van der Waals surface area contributed by atoms with Crippen LogP contribution < -0.4 is 10.2 Å². The van der Waals surface area contributed by atoms with Gasteiger partial charge in [-0.05, 0) is 42.7 Å². The Hall–Kier alpha value is -4.04. The molecule has 2 unspecified atom stereocenters. The number of rotatable bonds is 5. The number of fused-ring (bicyclic) bond motifs is 2. The zero-order valence-electron chi connectivity index (χ0n) is 20.8. The molecule has 0 aliphatic carbocycles. The predicted molar refractivity (Wildman–Crippen MR) is 149 cm³/mol. The average Bonchev–Trinajstić information content (AvgIpc) is 3.63. The number of nitrogens with one attached hydrogen (secondary N) is 2. The molecule has 1 saturated heterocycles. The Labute approximate surface area is 225 Å². The maximum atomic E-state index is 14.3. The third-order valence-corrected chi connectivity index (χ3v) is 8.58. The molecule has 1 fully saturated rings. The first kappa shape index (κ1) is 24.3. The number of hydrogen-bond donors (Lipinski definition) is 2. The number of hydrogen-bond acceptors (Lipinski definition) is 4. The van der Waals surface area contributed by atoms with E-state index < -0.39 is 6.04 Å². The molecule has 7 nitrogen and oxygen atoms in total. The molecule has 3 aromatic carbocycles. The van der Waals surface area contributed by atoms with Crippen LogP contribution in [0.25, 0.3) is 10.9 Å². The molecule has 0 bridgehead atoms. The van der Waals surface area contributed by atoms with E-state index in [0.29, 0.717) is 24.5 Å². The standard InChI is InChI=1S/C30H28N4O3S/c35-26(33-16-8-9-17-33)19-34-24-14-6-7-15-25(24)38-28(20-10-2-1-3-11-20)27(30(34)37)32-29(36)23-18-21-12-4-5-13-22(21)31-23/h1-7,10-15,18,27-28,31H,8-9,16-17,19H2,(H,32,36). The number of carbonyl (C=O) groups is 3. The number of amides is 3. The first-order chi connectivity index (χ1) is 18.6. The first-order valence-electron chi connectivity index (χ1n) is 12.9. The van der Waals surface area contributed by atoms with Crippen molar-refractivity contribution in [3.63, 3.8) is 0 Å². The van der Waals surface area contributed by atoms with Crippen molar-refractivity contribution in [2.45, 2.75) is 29.0 Å². The van der Waals surface area contributed by atoms with Crippen molar-refractivity contribution >= 4 is 46.1 Å². The highest BCUT2D eigenvalue weighted by molar-refractivity contribution is 7.99. The summed E-state index contributed by atoms with van der Waals surface area (Å²) in [5.74, 6) is -0.735. The Kier molecular flexibility index (Phi) is 6.64. The fourth-order valence-electron chi connectivity index (χ4n) is 5.22. The highest BCUT2D eigenvalue weighted by Crippen LogP contribution is 2.45. The van der Waals surface area contributed by atoms with Gasteiger partial charge in [-0.2, -0.15) is 0 Å². The molecule has 38 heavy (non-hydrogen) atoms. The van der Waals surface area contributed by atoms with E-state index in [1.807, 2.05) is 83.8 Å². The van der Waals surface area contributed by atoms with Crippen molar-refractivity contribution in [3.8, 4) is 0 Å². The molecule has 4 aromatic rings. The van der Waals surface area contributed by atoms with Gasteiger partial charge in [0.05, 0.1) is 10.9 Å². The monoisotopic (exact) mass is 524 g/mol. The van der Waals surface area contributed by atoms with Crippen molar-refractivity contribution < 1.29 is 14.4 Å². The number of aromatic amines is 1. The molecule has 6 rings (SSSR count). The third kappa shape index (κ3) is 4.67. The lowest BCUT2D eigenvalue weighted by Gasteiger charge is -2.29. The second-order valence-corrected chi connectivity index (χ2v) is 10.8. The minimum Gasteiger partial charge on any atom is -0.351 e. The molecule has 192 valence electrons. The normalized spacial score (nSPS) is 19.3. The number of likely N-dealkylation sites (tertiary alicyclic amines) is 1. The lowest BCUT2D eigenvalue weighted by Crippen LogP contribution is -2.52. The van der Waals surface area contributed by atoms with Crippen LogP contribution in [0.2, 0.25) is 0 Å². The summed E-state index contributed by atoms with van der Waals surface area (Å²) < 4.78 is 0. The number of aromatic nitrogens is 1. The van der Waals surface area contributed by atoms with E-state index in [4.69, 9.17) is 0 Å². The molecular formula is C30H28N4O3S. The molecule has 2 N–H and O–H groups in total. The van der Waals surface area contributed by atoms with E-state index in [9.17, 15) is 14.4 Å². The van der Waals surface area contributed by atoms with Crippen LogP contribution in [-0.2, 0) is 9.59 Å². The molecular weight excluding hydrogens is 496 g/mol. The minimum absolute atomic E-state index is 0.0589. The lowest BCUT2D eigenvalue weighted by atomic mass is 10.0. The molecule has 0 radical (unpaired) electrons. The highest BCUT2D eigenvalue weighted by atomic mass is 32.2. The molecule has 3 amide bonds. The van der Waals surface area contributed by atoms with Gasteiger partial charge in [-0.15, -0.1) is 11.8 Å². The van der Waals surface area contributed by atoms with E-state index in [1.165, 1.54) is 11.8 Å². The molecule has 3 heterocycles. The summed E-state index contributed by atoms with van der Waals surface area (Å²) in [7, 11) is 0. The average molecular weight is 525 g/mol. The van der Waals surface area contributed by atoms with E-state index >= 15 is 0 Å². The Morgan fingerprint density at radius 2 is 1.63 bits per heavy atom. The van der Waals surface area contributed by atoms with Gasteiger partial charge in [0.1, 0.15) is 18.3 Å². The van der Waals surface area contributed by atoms with Crippen LogP contribution in [0.4, 0.5) is 5.69 Å². The second kappa shape index (κ2) is 10.4. The summed E-state index contributed by atoms with van der Waals surface area (Å²) in [6.07, 6.45) is 1.96. The maximum absolute atomic E-state index is 14.3. The van der Waals surface area contributed by atoms with Gasteiger partial charge in [0.25, 0.3) is 11.8 Å². The van der Waals surface area contributed by atoms with E-state index in [0.717, 1.165) is 34.2 Å². The fraction of sp³-hybridized carbons (Fsp3) is 0.233. The SMILES string of the molecule is O=C(NC1C(=O)N(CC(=O)N2CCCC2)c2ccccc2SC1c1ccccc1)c1cc2ccccc2[nH]1. The number of para-hydroxylation sites is 2. The van der Waals surface area contributed by atoms with Gasteiger partial charge >= 0.3 is 0 Å². The van der Waals surface area contributed by atoms with E-state index in [-0.39, 0.29) is 29.5 Å². The van der Waals surface area contributed by atoms with Crippen molar-refractivity contribution in [2.75, 3.05) is 24.5 Å². The van der Waals surface area contributed by atoms with Crippen LogP contribution in [0.15, 0.2) is 89.8 Å². The van der Waals surface area contributed by atoms with Crippen molar-refractivity contribution in [1.29, 1.82) is 0 Å². The van der Waals surface area contributed by atoms with Crippen LogP contribution in [0.1, 0.15) is 34.1 Å². The number of benzene rings is 3. The van der Waals surface area contributed by atoms with Gasteiger partial charge in [0.15, 0.2) is 0 Å². The van der Waals surface area contributed by atoms with Gasteiger partial charge in [-0.3, -0.25) is 14.4 Å². The minimum atomic E-state index is -0.889. The summed E-state index contributed by atoms with van der Waals surface area (Å²) >= 11 is 1.54. The van der Waals surface area contributed by atoms with Crippen LogP contribution >= 0.6 is 11.8 Å². The zero-order chi connectivity index (χ0) is 26.1. The summed E-state index contributed by atoms with van der Waals surface area (Å²) in [5, 5.41) is 3.57. The van der Waals surface area contributed by atoms with Crippen LogP contribution in [0, 0.1) is 0 Å². The van der Waals surface area contributed by atoms with Gasteiger partial charge in [0, 0.05) is 28.9 Å². The van der Waals surface area contributed by atoms with Gasteiger partial charge in [0.2, 0.25) is 5.91 Å². The smallest absolute Gasteiger partial charge is 0.268 e.